The molecule has 5 heteroatoms. The number of carbonyl (C=O) groups excluding carboxylic acids is 2. The van der Waals surface area contributed by atoms with Gasteiger partial charge in [-0.1, -0.05) is 132 Å². The Morgan fingerprint density at radius 3 is 1.41 bits per heavy atom. The summed E-state index contributed by atoms with van der Waals surface area (Å²) in [6, 6.07) is 0. The van der Waals surface area contributed by atoms with Crippen LogP contribution in [-0.4, -0.2) is 36.4 Å². The summed E-state index contributed by atoms with van der Waals surface area (Å²) in [5, 5.41) is 9.52. The molecule has 5 nitrogen and oxygen atoms in total. The average molecular weight is 641 g/mol. The summed E-state index contributed by atoms with van der Waals surface area (Å²) in [5.41, 5.74) is 0. The van der Waals surface area contributed by atoms with E-state index in [1.807, 2.05) is 0 Å². The molecule has 1 atom stereocenters. The highest BCUT2D eigenvalue weighted by Crippen LogP contribution is 2.08. The second-order valence-corrected chi connectivity index (χ2v) is 11.9. The van der Waals surface area contributed by atoms with Gasteiger partial charge in [-0.15, -0.1) is 0 Å². The van der Waals surface area contributed by atoms with E-state index in [1.165, 1.54) is 70.6 Å². The Labute approximate surface area is 283 Å². The Balaban J connectivity index is 3.75. The molecule has 0 aromatic carbocycles. The monoisotopic (exact) mass is 641 g/mol. The minimum absolute atomic E-state index is 0.109. The molecule has 0 aromatic rings. The minimum Gasteiger partial charge on any atom is -0.462 e. The number of rotatable bonds is 32. The molecule has 0 amide bonds. The third-order valence-electron chi connectivity index (χ3n) is 7.47. The normalized spacial score (nSPS) is 13.0. The minimum atomic E-state index is -0.815. The molecule has 0 spiro atoms. The van der Waals surface area contributed by atoms with Gasteiger partial charge in [-0.05, 0) is 83.5 Å². The molecule has 0 saturated carbocycles. The van der Waals surface area contributed by atoms with Crippen molar-refractivity contribution in [2.24, 2.45) is 0 Å². The molecule has 0 saturated heterocycles. The molecule has 0 rings (SSSR count). The Morgan fingerprint density at radius 2 is 0.891 bits per heavy atom. The van der Waals surface area contributed by atoms with Crippen molar-refractivity contribution in [2.75, 3.05) is 13.2 Å². The lowest BCUT2D eigenvalue weighted by Crippen LogP contribution is -2.28. The number of allylic oxidation sites excluding steroid dienone is 12. The number of carbonyl (C=O) groups is 2. The molecule has 0 fully saturated rings. The molecule has 0 aliphatic carbocycles. The lowest BCUT2D eigenvalue weighted by molar-refractivity contribution is -0.161. The van der Waals surface area contributed by atoms with Crippen LogP contribution in [0.3, 0.4) is 0 Å². The molecule has 0 heterocycles. The van der Waals surface area contributed by atoms with E-state index in [0.717, 1.165) is 51.4 Å². The second-order valence-electron chi connectivity index (χ2n) is 11.9. The third kappa shape index (κ3) is 34.2. The third-order valence-corrected chi connectivity index (χ3v) is 7.47. The molecule has 46 heavy (non-hydrogen) atoms. The summed E-state index contributed by atoms with van der Waals surface area (Å²) in [4.78, 5) is 24.2. The molecule has 0 radical (unpaired) electrons. The van der Waals surface area contributed by atoms with Gasteiger partial charge >= 0.3 is 11.9 Å². The fraction of sp³-hybridized carbons (Fsp3) is 0.659. The van der Waals surface area contributed by atoms with Crippen molar-refractivity contribution >= 4 is 11.9 Å². The smallest absolute Gasteiger partial charge is 0.306 e. The zero-order valence-corrected chi connectivity index (χ0v) is 29.6. The van der Waals surface area contributed by atoms with Gasteiger partial charge in [0.1, 0.15) is 6.61 Å². The van der Waals surface area contributed by atoms with Crippen molar-refractivity contribution in [2.45, 2.75) is 161 Å². The van der Waals surface area contributed by atoms with Gasteiger partial charge in [-0.2, -0.15) is 0 Å². The summed E-state index contributed by atoms with van der Waals surface area (Å²) in [7, 11) is 0. The average Bonchev–Trinajstić information content (AvgIpc) is 3.06. The lowest BCUT2D eigenvalue weighted by atomic mass is 10.1. The Kier molecular flexibility index (Phi) is 34.7. The van der Waals surface area contributed by atoms with Gasteiger partial charge in [-0.3, -0.25) is 9.59 Å². The van der Waals surface area contributed by atoms with E-state index >= 15 is 0 Å². The van der Waals surface area contributed by atoms with Gasteiger partial charge in [0.2, 0.25) is 0 Å². The number of esters is 2. The largest absolute Gasteiger partial charge is 0.462 e. The van der Waals surface area contributed by atoms with Crippen LogP contribution in [0.5, 0.6) is 0 Å². The van der Waals surface area contributed by atoms with Gasteiger partial charge in [0.05, 0.1) is 6.61 Å². The number of ether oxygens (including phenoxy) is 2. The number of hydrogen-bond acceptors (Lipinski definition) is 5. The predicted octanol–water partition coefficient (Wildman–Crippen LogP) is 11.4. The van der Waals surface area contributed by atoms with Crippen LogP contribution >= 0.6 is 0 Å². The van der Waals surface area contributed by atoms with Crippen molar-refractivity contribution in [3.05, 3.63) is 72.9 Å². The van der Waals surface area contributed by atoms with Gasteiger partial charge in [-0.25, -0.2) is 0 Å². The summed E-state index contributed by atoms with van der Waals surface area (Å²) in [6.45, 7) is 4.00. The molecule has 0 bridgehead atoms. The maximum Gasteiger partial charge on any atom is 0.306 e. The van der Waals surface area contributed by atoms with E-state index in [1.54, 1.807) is 0 Å². The lowest BCUT2D eigenvalue weighted by Gasteiger charge is -2.15. The number of unbranched alkanes of at least 4 members (excludes halogenated alkanes) is 12. The quantitative estimate of drug-likeness (QED) is 0.0450. The number of hydrogen-bond donors (Lipinski definition) is 1. The maximum absolute atomic E-state index is 12.1. The van der Waals surface area contributed by atoms with E-state index in [4.69, 9.17) is 9.47 Å². The van der Waals surface area contributed by atoms with Gasteiger partial charge < -0.3 is 14.6 Å². The molecular weight excluding hydrogens is 572 g/mol. The molecular formula is C41H68O5. The van der Waals surface area contributed by atoms with Gasteiger partial charge in [0.15, 0.2) is 6.10 Å². The van der Waals surface area contributed by atoms with Crippen molar-refractivity contribution in [3.63, 3.8) is 0 Å². The van der Waals surface area contributed by atoms with Crippen LogP contribution < -0.4 is 0 Å². The fourth-order valence-electron chi connectivity index (χ4n) is 4.63. The van der Waals surface area contributed by atoms with Gasteiger partial charge in [0.25, 0.3) is 0 Å². The Morgan fingerprint density at radius 1 is 0.500 bits per heavy atom. The second kappa shape index (κ2) is 36.8. The maximum atomic E-state index is 12.1. The van der Waals surface area contributed by atoms with E-state index < -0.39 is 6.10 Å². The zero-order chi connectivity index (χ0) is 33.6. The summed E-state index contributed by atoms with van der Waals surface area (Å²) < 4.78 is 10.5. The van der Waals surface area contributed by atoms with Crippen LogP contribution in [-0.2, 0) is 19.1 Å². The SMILES string of the molecule is CCCCCC=CCC=CCC=CCCCCC(=O)OCC(CO)OC(=O)CCCC=CCC=CCC=CCCCCCCCC. The van der Waals surface area contributed by atoms with Crippen molar-refractivity contribution in [1.29, 1.82) is 0 Å². The van der Waals surface area contributed by atoms with Crippen LogP contribution in [0.15, 0.2) is 72.9 Å². The van der Waals surface area contributed by atoms with Crippen LogP contribution in [0, 0.1) is 0 Å². The molecule has 0 aliphatic heterocycles. The first-order valence-electron chi connectivity index (χ1n) is 18.5. The molecule has 1 N–H and O–H groups in total. The van der Waals surface area contributed by atoms with Crippen molar-refractivity contribution < 1.29 is 24.2 Å². The highest BCUT2D eigenvalue weighted by atomic mass is 16.6. The number of aliphatic hydroxyl groups is 1. The Hall–Kier alpha value is -2.66. The topological polar surface area (TPSA) is 72.8 Å². The number of aliphatic hydroxyl groups excluding tert-OH is 1. The molecule has 0 aliphatic rings. The van der Waals surface area contributed by atoms with Crippen LogP contribution in [0.25, 0.3) is 0 Å². The summed E-state index contributed by atoms with van der Waals surface area (Å²) in [5.74, 6) is -0.704. The van der Waals surface area contributed by atoms with Crippen molar-refractivity contribution in [3.8, 4) is 0 Å². The van der Waals surface area contributed by atoms with Crippen LogP contribution in [0.2, 0.25) is 0 Å². The first-order chi connectivity index (χ1) is 22.6. The van der Waals surface area contributed by atoms with E-state index in [-0.39, 0.29) is 31.6 Å². The Bertz CT molecular complexity index is 864. The highest BCUT2D eigenvalue weighted by molar-refractivity contribution is 5.70. The van der Waals surface area contributed by atoms with E-state index in [0.29, 0.717) is 12.8 Å². The molecule has 0 aromatic heterocycles. The fourth-order valence-corrected chi connectivity index (χ4v) is 4.63. The zero-order valence-electron chi connectivity index (χ0n) is 29.6. The highest BCUT2D eigenvalue weighted by Gasteiger charge is 2.15. The summed E-state index contributed by atoms with van der Waals surface area (Å²) in [6.07, 6.45) is 48.2. The van der Waals surface area contributed by atoms with Gasteiger partial charge in [0, 0.05) is 12.8 Å². The first-order valence-corrected chi connectivity index (χ1v) is 18.5. The standard InChI is InChI=1S/C41H68O5/c1-3-5-7-9-11-13-15-17-19-20-22-24-26-28-30-32-34-36-41(44)46-39(37-42)38-45-40(43)35-33-31-29-27-25-23-21-18-16-14-12-10-8-6-4-2/h12,14,17-19,21-22,24-25,27-28,30,39,42H,3-11,13,15-16,20,23,26,29,31-38H2,1-2H3. The van der Waals surface area contributed by atoms with E-state index in [9.17, 15) is 14.7 Å². The van der Waals surface area contributed by atoms with Crippen LogP contribution in [0.4, 0.5) is 0 Å². The van der Waals surface area contributed by atoms with Crippen molar-refractivity contribution in [1.82, 2.24) is 0 Å². The van der Waals surface area contributed by atoms with Crippen LogP contribution in [0.1, 0.15) is 155 Å². The molecule has 262 valence electrons. The van der Waals surface area contributed by atoms with E-state index in [2.05, 4.69) is 86.8 Å². The summed E-state index contributed by atoms with van der Waals surface area (Å²) >= 11 is 0. The predicted molar refractivity (Wildman–Crippen MR) is 196 cm³/mol. The molecule has 1 unspecified atom stereocenters. The first kappa shape index (κ1) is 43.3.